The Morgan fingerprint density at radius 2 is 1.87 bits per heavy atom. The molecule has 122 valence electrons. The molecule has 23 heavy (non-hydrogen) atoms. The van der Waals surface area contributed by atoms with Crippen LogP contribution >= 0.6 is 15.9 Å². The third-order valence-corrected chi connectivity index (χ3v) is 7.03. The van der Waals surface area contributed by atoms with Gasteiger partial charge in [-0.25, -0.2) is 0 Å². The smallest absolute Gasteiger partial charge is 0.231 e. The van der Waals surface area contributed by atoms with Gasteiger partial charge in [-0.1, -0.05) is 15.9 Å². The predicted octanol–water partition coefficient (Wildman–Crippen LogP) is 4.09. The lowest BCUT2D eigenvalue weighted by atomic mass is 9.49. The molecule has 0 saturated heterocycles. The molecule has 4 nitrogen and oxygen atoms in total. The van der Waals surface area contributed by atoms with Crippen molar-refractivity contribution >= 4 is 27.5 Å². The average molecular weight is 378 g/mol. The molecule has 2 unspecified atom stereocenters. The lowest BCUT2D eigenvalue weighted by Crippen LogP contribution is -2.57. The van der Waals surface area contributed by atoms with Gasteiger partial charge in [0.25, 0.3) is 0 Å². The van der Waals surface area contributed by atoms with Crippen LogP contribution in [0.25, 0.3) is 0 Å². The third kappa shape index (κ3) is 2.19. The molecule has 4 fully saturated rings. The summed E-state index contributed by atoms with van der Waals surface area (Å²) >= 11 is 3.97. The molecule has 1 N–H and O–H groups in total. The van der Waals surface area contributed by atoms with Crippen molar-refractivity contribution in [1.29, 1.82) is 0 Å². The molecular weight excluding hydrogens is 358 g/mol. The lowest BCUT2D eigenvalue weighted by molar-refractivity contribution is -0.138. The molecule has 0 aromatic heterocycles. The number of carbonyl (C=O) groups excluding carboxylic acids is 1. The summed E-state index contributed by atoms with van der Waals surface area (Å²) in [6.45, 7) is 0.256. The van der Waals surface area contributed by atoms with Gasteiger partial charge in [0.15, 0.2) is 11.5 Å². The largest absolute Gasteiger partial charge is 0.454 e. The number of ether oxygens (including phenoxy) is 2. The van der Waals surface area contributed by atoms with Crippen LogP contribution in [0.3, 0.4) is 0 Å². The number of hydrogen-bond acceptors (Lipinski definition) is 3. The SMILES string of the molecule is O=C(Nc1ccc2c(c1)OCO2)C12C[C@@H]3C[C@@H](CC(Br)(C3)C1)C2. The Hall–Kier alpha value is -1.23. The Morgan fingerprint density at radius 1 is 1.13 bits per heavy atom. The lowest BCUT2D eigenvalue weighted by Gasteiger charge is -2.59. The highest BCUT2D eigenvalue weighted by Gasteiger charge is 2.59. The second-order valence-electron chi connectivity index (χ2n) is 7.91. The van der Waals surface area contributed by atoms with Crippen LogP contribution in [0, 0.1) is 17.3 Å². The van der Waals surface area contributed by atoms with Crippen LogP contribution < -0.4 is 14.8 Å². The summed E-state index contributed by atoms with van der Waals surface area (Å²) < 4.78 is 10.9. The number of nitrogens with one attached hydrogen (secondary N) is 1. The van der Waals surface area contributed by atoms with Gasteiger partial charge in [-0.15, -0.1) is 0 Å². The fraction of sp³-hybridized carbons (Fsp3) is 0.611. The zero-order valence-corrected chi connectivity index (χ0v) is 14.5. The average Bonchev–Trinajstić information content (AvgIpc) is 2.92. The topological polar surface area (TPSA) is 47.6 Å². The molecule has 4 atom stereocenters. The van der Waals surface area contributed by atoms with Gasteiger partial charge < -0.3 is 14.8 Å². The summed E-state index contributed by atoms with van der Waals surface area (Å²) in [7, 11) is 0. The first kappa shape index (κ1) is 14.1. The van der Waals surface area contributed by atoms with Crippen molar-refractivity contribution in [3.63, 3.8) is 0 Å². The van der Waals surface area contributed by atoms with Crippen LogP contribution in [0.5, 0.6) is 11.5 Å². The van der Waals surface area contributed by atoms with Crippen LogP contribution in [-0.2, 0) is 4.79 Å². The van der Waals surface area contributed by atoms with Gasteiger partial charge in [0, 0.05) is 16.1 Å². The Kier molecular flexibility index (Phi) is 2.86. The number of anilines is 1. The highest BCUT2D eigenvalue weighted by molar-refractivity contribution is 9.10. The summed E-state index contributed by atoms with van der Waals surface area (Å²) in [5.41, 5.74) is 0.614. The minimum Gasteiger partial charge on any atom is -0.454 e. The van der Waals surface area contributed by atoms with E-state index >= 15 is 0 Å². The highest BCUT2D eigenvalue weighted by atomic mass is 79.9. The molecule has 0 radical (unpaired) electrons. The van der Waals surface area contributed by atoms with Crippen molar-refractivity contribution in [2.75, 3.05) is 12.1 Å². The van der Waals surface area contributed by atoms with Gasteiger partial charge in [-0.2, -0.15) is 0 Å². The number of alkyl halides is 1. The molecular formula is C18H20BrNO3. The standard InChI is InChI=1S/C18H20BrNO3/c19-18-7-11-3-12(8-18)6-17(5-11,9-18)16(21)20-13-1-2-14-15(4-13)23-10-22-14/h1-2,4,11-12H,3,5-10H2,(H,20,21)/t11-,12+,17?,18?. The first-order valence-electron chi connectivity index (χ1n) is 8.44. The molecule has 1 amide bonds. The van der Waals surface area contributed by atoms with Crippen molar-refractivity contribution in [3.05, 3.63) is 18.2 Å². The van der Waals surface area contributed by atoms with Gasteiger partial charge >= 0.3 is 0 Å². The van der Waals surface area contributed by atoms with E-state index in [0.29, 0.717) is 17.6 Å². The number of hydrogen-bond donors (Lipinski definition) is 1. The van der Waals surface area contributed by atoms with Gasteiger partial charge in [-0.05, 0) is 62.5 Å². The van der Waals surface area contributed by atoms with Crippen LogP contribution in [-0.4, -0.2) is 17.0 Å². The monoisotopic (exact) mass is 377 g/mol. The van der Waals surface area contributed by atoms with Crippen LogP contribution in [0.15, 0.2) is 18.2 Å². The van der Waals surface area contributed by atoms with Crippen LogP contribution in [0.1, 0.15) is 38.5 Å². The maximum absolute atomic E-state index is 13.1. The first-order chi connectivity index (χ1) is 11.0. The molecule has 4 bridgehead atoms. The first-order valence-corrected chi connectivity index (χ1v) is 9.23. The van der Waals surface area contributed by atoms with E-state index in [9.17, 15) is 4.79 Å². The van der Waals surface area contributed by atoms with Gasteiger partial charge in [0.05, 0.1) is 5.41 Å². The van der Waals surface area contributed by atoms with Crippen molar-refractivity contribution < 1.29 is 14.3 Å². The number of carbonyl (C=O) groups is 1. The molecule has 1 aliphatic heterocycles. The quantitative estimate of drug-likeness (QED) is 0.789. The summed E-state index contributed by atoms with van der Waals surface area (Å²) in [5.74, 6) is 3.06. The number of amides is 1. The van der Waals surface area contributed by atoms with Crippen LogP contribution in [0.2, 0.25) is 0 Å². The van der Waals surface area contributed by atoms with E-state index in [1.54, 1.807) is 0 Å². The number of benzene rings is 1. The zero-order chi connectivity index (χ0) is 15.7. The van der Waals surface area contributed by atoms with Crippen molar-refractivity contribution in [2.24, 2.45) is 17.3 Å². The summed E-state index contributed by atoms with van der Waals surface area (Å²) in [6.07, 6.45) is 6.86. The summed E-state index contributed by atoms with van der Waals surface area (Å²) in [5, 5.41) is 3.15. The Morgan fingerprint density at radius 3 is 2.61 bits per heavy atom. The number of halogens is 1. The van der Waals surface area contributed by atoms with Gasteiger partial charge in [0.2, 0.25) is 12.7 Å². The third-order valence-electron chi connectivity index (χ3n) is 6.10. The summed E-state index contributed by atoms with van der Waals surface area (Å²) in [4.78, 5) is 13.1. The maximum atomic E-state index is 13.1. The summed E-state index contributed by atoms with van der Waals surface area (Å²) in [6, 6.07) is 5.63. The van der Waals surface area contributed by atoms with E-state index in [2.05, 4.69) is 21.2 Å². The minimum atomic E-state index is -0.191. The fourth-order valence-corrected chi connectivity index (χ4v) is 7.11. The second-order valence-corrected chi connectivity index (χ2v) is 9.60. The highest BCUT2D eigenvalue weighted by Crippen LogP contribution is 2.64. The Bertz CT molecular complexity index is 675. The minimum absolute atomic E-state index is 0.189. The zero-order valence-electron chi connectivity index (χ0n) is 12.9. The van der Waals surface area contributed by atoms with Gasteiger partial charge in [0.1, 0.15) is 0 Å². The Labute approximate surface area is 144 Å². The van der Waals surface area contributed by atoms with E-state index in [0.717, 1.165) is 30.7 Å². The molecule has 1 aromatic rings. The molecule has 1 aromatic carbocycles. The van der Waals surface area contributed by atoms with Gasteiger partial charge in [-0.3, -0.25) is 4.79 Å². The molecule has 1 heterocycles. The maximum Gasteiger partial charge on any atom is 0.231 e. The van der Waals surface area contributed by atoms with E-state index in [4.69, 9.17) is 9.47 Å². The molecule has 5 heteroatoms. The van der Waals surface area contributed by atoms with E-state index < -0.39 is 0 Å². The van der Waals surface area contributed by atoms with Crippen molar-refractivity contribution in [1.82, 2.24) is 0 Å². The normalized spacial score (nSPS) is 39.5. The van der Waals surface area contributed by atoms with E-state index in [1.165, 1.54) is 19.3 Å². The molecule has 4 saturated carbocycles. The molecule has 5 aliphatic rings. The molecule has 4 aliphatic carbocycles. The van der Waals surface area contributed by atoms with Crippen LogP contribution in [0.4, 0.5) is 5.69 Å². The molecule has 6 rings (SSSR count). The van der Waals surface area contributed by atoms with Crippen molar-refractivity contribution in [3.8, 4) is 11.5 Å². The Balaban J connectivity index is 1.40. The number of fused-ring (bicyclic) bond motifs is 1. The predicted molar refractivity (Wildman–Crippen MR) is 90.0 cm³/mol. The van der Waals surface area contributed by atoms with E-state index in [-0.39, 0.29) is 22.4 Å². The van der Waals surface area contributed by atoms with Crippen molar-refractivity contribution in [2.45, 2.75) is 42.8 Å². The fourth-order valence-electron chi connectivity index (χ4n) is 5.65. The second kappa shape index (κ2) is 4.65. The van der Waals surface area contributed by atoms with E-state index in [1.807, 2.05) is 18.2 Å². The number of rotatable bonds is 2. The molecule has 0 spiro atoms.